The number of anilines is 4. The number of nitrogen functional groups attached to an aromatic ring is 4. The molecule has 4 aliphatic carbocycles. The molecule has 4 aromatic carbocycles. The highest BCUT2D eigenvalue weighted by Crippen LogP contribution is 2.46. The molecule has 19 N–H and O–H groups in total. The molecule has 12 heterocycles. The molecular formula is C87H95BrF6N16O12. The predicted molar refractivity (Wildman–Crippen MR) is 446 cm³/mol. The molecule has 20 rings (SSSR count). The van der Waals surface area contributed by atoms with Crippen LogP contribution in [0.2, 0.25) is 0 Å². The van der Waals surface area contributed by atoms with Crippen LogP contribution in [0.5, 0.6) is 23.0 Å². The van der Waals surface area contributed by atoms with Gasteiger partial charge in [0.25, 0.3) is 0 Å². The van der Waals surface area contributed by atoms with E-state index in [0.29, 0.717) is 115 Å². The van der Waals surface area contributed by atoms with Crippen LogP contribution in [0.25, 0.3) is 44.1 Å². The van der Waals surface area contributed by atoms with Crippen molar-refractivity contribution in [2.24, 2.45) is 0 Å². The Hall–Kier alpha value is -10.4. The Morgan fingerprint density at radius 2 is 0.762 bits per heavy atom. The number of hydrogen-bond donors (Lipinski definition) is 15. The van der Waals surface area contributed by atoms with Gasteiger partial charge in [0, 0.05) is 153 Å². The first kappa shape index (κ1) is 83.9. The minimum absolute atomic E-state index is 0.177. The van der Waals surface area contributed by atoms with Crippen molar-refractivity contribution in [1.82, 2.24) is 59.1 Å². The fourth-order valence-electron chi connectivity index (χ4n) is 18.9. The molecule has 0 spiro atoms. The summed E-state index contributed by atoms with van der Waals surface area (Å²) >= 11 is 3.23. The Balaban J connectivity index is 0.000000116. The minimum Gasteiger partial charge on any atom is -0.487 e. The van der Waals surface area contributed by atoms with E-state index in [1.54, 1.807) is 28.2 Å². The van der Waals surface area contributed by atoms with Crippen LogP contribution < -0.4 is 57.8 Å². The Morgan fingerprint density at radius 1 is 0.402 bits per heavy atom. The summed E-state index contributed by atoms with van der Waals surface area (Å²) in [6.45, 7) is 9.34. The Kier molecular flexibility index (Phi) is 23.4. The third kappa shape index (κ3) is 15.4. The number of pyridine rings is 4. The highest BCUT2D eigenvalue weighted by molar-refractivity contribution is 9.10. The van der Waals surface area contributed by atoms with E-state index < -0.39 is 121 Å². The van der Waals surface area contributed by atoms with Crippen molar-refractivity contribution in [3.63, 3.8) is 0 Å². The number of aromatic nitrogens is 8. The third-order valence-corrected chi connectivity index (χ3v) is 25.8. The number of halogens is 7. The van der Waals surface area contributed by atoms with Crippen molar-refractivity contribution in [3.8, 4) is 23.0 Å². The largest absolute Gasteiger partial charge is 0.487 e. The van der Waals surface area contributed by atoms with Gasteiger partial charge in [-0.25, -0.2) is 46.3 Å². The van der Waals surface area contributed by atoms with E-state index in [1.807, 2.05) is 25.1 Å². The Morgan fingerprint density at radius 3 is 1.17 bits per heavy atom. The summed E-state index contributed by atoms with van der Waals surface area (Å²) in [4.78, 5) is 19.1. The monoisotopic (exact) mass is 1750 g/mol. The lowest BCUT2D eigenvalue weighted by Crippen LogP contribution is -2.35. The molecule has 8 aliphatic rings. The lowest BCUT2D eigenvalue weighted by atomic mass is 9.96. The number of fused-ring (bicyclic) bond motifs is 8. The van der Waals surface area contributed by atoms with E-state index in [0.717, 1.165) is 66.2 Å². The highest BCUT2D eigenvalue weighted by atomic mass is 79.9. The zero-order valence-electron chi connectivity index (χ0n) is 66.7. The minimum atomic E-state index is -1.22. The second kappa shape index (κ2) is 34.0. The second-order valence-electron chi connectivity index (χ2n) is 32.8. The number of ether oxygens (including phenoxy) is 4. The van der Waals surface area contributed by atoms with Gasteiger partial charge in [-0.05, 0) is 164 Å². The normalized spacial score (nSPS) is 26.1. The summed E-state index contributed by atoms with van der Waals surface area (Å²) in [5.74, 6) is -0.250. The molecule has 35 heteroatoms. The summed E-state index contributed by atoms with van der Waals surface area (Å²) in [6.07, 6.45) is 2.98. The number of hydrogen-bond acceptors (Lipinski definition) is 24. The van der Waals surface area contributed by atoms with Gasteiger partial charge in [0.2, 0.25) is 0 Å². The Bertz CT molecular complexity index is 5800. The number of nitrogens with zero attached hydrogens (tertiary/aromatic N) is 9. The van der Waals surface area contributed by atoms with E-state index in [-0.39, 0.29) is 73.2 Å². The predicted octanol–water partition coefficient (Wildman–Crippen LogP) is 8.07. The number of nitrogens with one attached hydrogen (secondary N) is 3. The molecule has 8 unspecified atom stereocenters. The molecular weight excluding hydrogens is 1650 g/mol. The van der Waals surface area contributed by atoms with Crippen molar-refractivity contribution >= 4 is 82.8 Å². The van der Waals surface area contributed by atoms with Gasteiger partial charge in [-0.1, -0.05) is 18.2 Å². The first-order valence-electron chi connectivity index (χ1n) is 40.7. The molecule has 0 saturated heterocycles. The molecule has 0 amide bonds. The summed E-state index contributed by atoms with van der Waals surface area (Å²) in [5.41, 5.74) is 34.8. The summed E-state index contributed by atoms with van der Waals surface area (Å²) < 4.78 is 118. The zero-order valence-corrected chi connectivity index (χ0v) is 68.3. The maximum Gasteiger partial charge on any atom is 0.152 e. The van der Waals surface area contributed by atoms with Crippen molar-refractivity contribution in [1.29, 1.82) is 0 Å². The second-order valence-corrected chi connectivity index (χ2v) is 33.7. The molecule has 4 aliphatic heterocycles. The molecule has 28 nitrogen and oxygen atoms in total. The van der Waals surface area contributed by atoms with Gasteiger partial charge in [0.05, 0.1) is 50.2 Å². The van der Waals surface area contributed by atoms with Gasteiger partial charge in [0.15, 0.2) is 23.3 Å². The van der Waals surface area contributed by atoms with Crippen LogP contribution in [-0.2, 0) is 51.9 Å². The van der Waals surface area contributed by atoms with Gasteiger partial charge in [0.1, 0.15) is 130 Å². The van der Waals surface area contributed by atoms with E-state index in [1.165, 1.54) is 94.1 Å². The smallest absolute Gasteiger partial charge is 0.152 e. The van der Waals surface area contributed by atoms with Gasteiger partial charge in [-0.3, -0.25) is 0 Å². The van der Waals surface area contributed by atoms with E-state index in [4.69, 9.17) is 41.9 Å². The van der Waals surface area contributed by atoms with Crippen molar-refractivity contribution < 1.29 is 86.1 Å². The standard InChI is InChI=1S/C22H24F2N4O3.2C22H25FN4O3.C21H21BrF2N4O3/c1-10-6-16(12-8-26-4-2-11(12)19(10)24)31-17-7-15(20(29)21(17)30)28-9-13(23)18-14(25)3-5-27-22(18)28;1-11-6-12-2-4-25-9-13(12)17(7-11)30-18-8-16(20(28)21(18)29)27-10-14(23)19-15(24)3-5-26-22(19)27;1-26-8-6-12-3-2-4-17(13(12)10-26)30-18-9-16(20(28)21(18)29)27-11-14(23)19-15(24)5-7-25-22(19)27;22-11-5-15(10-7-26-3-1-9(10)18(11)24)31-16-6-14(19(29)20(16)30)28-8-12(23)17-13(25)2-4-27-21(17)28/h3,5-6,9,15,17,20-21,26,29-30H,2,4,7-8H2,1H3,(H2,25,27);3,5-7,10,16,18,20-21,25,28-29H,2,4,8-9H2,1H3,(H2,24,26);2-5,7,11,16,18,20-21,28-29H,6,8-10H2,1H3,(H2,24,25);2,4-5,8,14,16,19-20,26,29-30H,1,3,6-7H2,(H2,25,27)/t15?,17?,20-,21+;2*16?,18?,20-,21+;14?,16?,19-,20+/m0000/s1. The fourth-order valence-corrected chi connectivity index (χ4v) is 19.3. The number of aliphatic hydroxyl groups excluding tert-OH is 8. The molecule has 4 fully saturated rings. The average Bonchev–Trinajstić information content (AvgIpc) is 1.61. The SMILES string of the molecule is CN1CCc2cccc(OC3CC(n4cc(F)c5c(N)ccnc54)[C@H](O)[C@@H]3O)c2C1.Cc1cc(OC2CC(n3cc(F)c4c(N)ccnc43)[C@H](O)[C@@H]2O)c2c(c1F)CCNC2.Cc1cc2c(c(OC3CC(n4cc(F)c5c(N)ccnc54)[C@H](O)[C@@H]3O)c1)CNCC2.Nc1ccnc2c1c(F)cn2C1CC(Oc2cc(Br)c(F)c3c2CNCC3)[C@@H](O)[C@H]1O. The van der Waals surface area contributed by atoms with Crippen LogP contribution in [0.4, 0.5) is 49.1 Å². The van der Waals surface area contributed by atoms with E-state index >= 15 is 0 Å². The highest BCUT2D eigenvalue weighted by Gasteiger charge is 2.50. The number of benzene rings is 4. The summed E-state index contributed by atoms with van der Waals surface area (Å²) in [5, 5.41) is 96.3. The maximum absolute atomic E-state index is 14.6. The number of rotatable bonds is 12. The zero-order chi connectivity index (χ0) is 85.7. The summed E-state index contributed by atoms with van der Waals surface area (Å²) in [6, 6.07) is 16.9. The van der Waals surface area contributed by atoms with Crippen LogP contribution in [0, 0.1) is 48.8 Å². The molecule has 8 aromatic heterocycles. The van der Waals surface area contributed by atoms with Crippen molar-refractivity contribution in [3.05, 3.63) is 211 Å². The van der Waals surface area contributed by atoms with Gasteiger partial charge < -0.3 is 122 Å². The Labute approximate surface area is 703 Å². The quantitative estimate of drug-likeness (QED) is 0.0514. The number of nitrogens with two attached hydrogens (primary N) is 4. The number of aliphatic hydroxyl groups is 8. The molecule has 4 saturated carbocycles. The molecule has 0 bridgehead atoms. The van der Waals surface area contributed by atoms with Crippen LogP contribution in [0.15, 0.2) is 121 Å². The summed E-state index contributed by atoms with van der Waals surface area (Å²) in [7, 11) is 2.06. The van der Waals surface area contributed by atoms with Crippen molar-refractivity contribution in [2.75, 3.05) is 56.2 Å². The first-order valence-corrected chi connectivity index (χ1v) is 41.5. The van der Waals surface area contributed by atoms with Crippen LogP contribution in [0.3, 0.4) is 0 Å². The fraction of sp³-hybridized carbons (Fsp3) is 0.402. The number of aryl methyl sites for hydroxylation is 2. The molecule has 16 atom stereocenters. The molecule has 644 valence electrons. The average molecular weight is 1750 g/mol. The maximum atomic E-state index is 14.6. The third-order valence-electron chi connectivity index (χ3n) is 25.2. The molecule has 12 aromatic rings. The molecule has 0 radical (unpaired) electrons. The van der Waals surface area contributed by atoms with Gasteiger partial charge in [-0.15, -0.1) is 0 Å². The van der Waals surface area contributed by atoms with Crippen LogP contribution in [-0.4, -0.2) is 190 Å². The lowest BCUT2D eigenvalue weighted by Gasteiger charge is -2.28. The first-order chi connectivity index (χ1) is 58.6. The lowest BCUT2D eigenvalue weighted by molar-refractivity contribution is -0.0168. The van der Waals surface area contributed by atoms with Gasteiger partial charge in [-0.2, -0.15) is 0 Å². The van der Waals surface area contributed by atoms with Gasteiger partial charge >= 0.3 is 0 Å². The van der Waals surface area contributed by atoms with Crippen molar-refractivity contribution in [2.45, 2.75) is 189 Å². The van der Waals surface area contributed by atoms with E-state index in [9.17, 15) is 67.2 Å². The van der Waals surface area contributed by atoms with Crippen LogP contribution in [0.1, 0.15) is 105 Å². The topological polar surface area (TPSA) is 413 Å². The number of likely N-dealkylation sites (N-methyl/N-ethyl adjacent to an activating group) is 1. The molecule has 122 heavy (non-hydrogen) atoms. The van der Waals surface area contributed by atoms with Crippen LogP contribution >= 0.6 is 15.9 Å². The van der Waals surface area contributed by atoms with E-state index in [2.05, 4.69) is 75.9 Å².